The van der Waals surface area contributed by atoms with Crippen molar-refractivity contribution in [3.8, 4) is 11.4 Å². The van der Waals surface area contributed by atoms with E-state index in [9.17, 15) is 9.90 Å². The zero-order valence-electron chi connectivity index (χ0n) is 15.6. The molecule has 1 heterocycles. The minimum absolute atomic E-state index is 0.0829. The maximum atomic E-state index is 13.0. The van der Waals surface area contributed by atoms with Crippen molar-refractivity contribution in [2.45, 2.75) is 6.92 Å². The van der Waals surface area contributed by atoms with Gasteiger partial charge in [0.1, 0.15) is 11.6 Å². The second kappa shape index (κ2) is 8.37. The SMILES string of the molecule is Cc1nc2ccc(I)cc2c(=O)n1-c1ccc(N=Cc2cc(Cl)cc(Cl)c2O)cc1. The predicted octanol–water partition coefficient (Wildman–Crippen LogP) is 6.06. The van der Waals surface area contributed by atoms with Crippen LogP contribution < -0.4 is 5.56 Å². The number of phenols is 1. The Kier molecular flexibility index (Phi) is 5.81. The number of rotatable bonds is 3. The van der Waals surface area contributed by atoms with Gasteiger partial charge in [-0.3, -0.25) is 14.4 Å². The van der Waals surface area contributed by atoms with E-state index in [-0.39, 0.29) is 16.3 Å². The Hall–Kier alpha value is -2.42. The number of aromatic nitrogens is 2. The third-order valence-corrected chi connectivity index (χ3v) is 5.69. The van der Waals surface area contributed by atoms with Crippen LogP contribution in [-0.2, 0) is 0 Å². The minimum atomic E-state index is -0.120. The van der Waals surface area contributed by atoms with Crippen LogP contribution in [0.3, 0.4) is 0 Å². The van der Waals surface area contributed by atoms with Crippen molar-refractivity contribution in [1.82, 2.24) is 9.55 Å². The van der Waals surface area contributed by atoms with Gasteiger partial charge in [-0.2, -0.15) is 0 Å². The van der Waals surface area contributed by atoms with Gasteiger partial charge in [-0.05, 0) is 84.1 Å². The van der Waals surface area contributed by atoms with Crippen molar-refractivity contribution in [3.63, 3.8) is 0 Å². The quantitative estimate of drug-likeness (QED) is 0.249. The average molecular weight is 550 g/mol. The van der Waals surface area contributed by atoms with Gasteiger partial charge >= 0.3 is 0 Å². The van der Waals surface area contributed by atoms with Gasteiger partial charge in [0, 0.05) is 20.4 Å². The highest BCUT2D eigenvalue weighted by atomic mass is 127. The molecule has 0 saturated carbocycles. The molecule has 0 aliphatic heterocycles. The molecule has 0 unspecified atom stereocenters. The molecule has 150 valence electrons. The summed E-state index contributed by atoms with van der Waals surface area (Å²) in [6.07, 6.45) is 1.49. The first-order valence-corrected chi connectivity index (χ1v) is 10.7. The molecule has 4 rings (SSSR count). The van der Waals surface area contributed by atoms with E-state index < -0.39 is 0 Å². The molecular weight excluding hydrogens is 536 g/mol. The number of phenolic OH excluding ortho intramolecular Hbond substituents is 1. The van der Waals surface area contributed by atoms with Crippen LogP contribution in [0.5, 0.6) is 5.75 Å². The van der Waals surface area contributed by atoms with Crippen molar-refractivity contribution in [3.05, 3.63) is 90.0 Å². The Bertz CT molecular complexity index is 1370. The first-order valence-electron chi connectivity index (χ1n) is 8.85. The highest BCUT2D eigenvalue weighted by Crippen LogP contribution is 2.30. The van der Waals surface area contributed by atoms with E-state index in [0.29, 0.717) is 38.7 Å². The minimum Gasteiger partial charge on any atom is -0.506 e. The molecule has 0 radical (unpaired) electrons. The Balaban J connectivity index is 1.70. The molecule has 30 heavy (non-hydrogen) atoms. The molecule has 0 atom stereocenters. The lowest BCUT2D eigenvalue weighted by atomic mass is 10.2. The van der Waals surface area contributed by atoms with Crippen molar-refractivity contribution in [1.29, 1.82) is 0 Å². The molecule has 0 fully saturated rings. The van der Waals surface area contributed by atoms with Gasteiger partial charge in [0.15, 0.2) is 0 Å². The van der Waals surface area contributed by atoms with Gasteiger partial charge in [0.2, 0.25) is 0 Å². The first kappa shape index (κ1) is 20.8. The molecule has 1 aromatic heterocycles. The number of aryl methyl sites for hydroxylation is 1. The van der Waals surface area contributed by atoms with E-state index in [4.69, 9.17) is 23.2 Å². The Morgan fingerprint density at radius 3 is 2.57 bits per heavy atom. The Labute approximate surface area is 195 Å². The highest BCUT2D eigenvalue weighted by molar-refractivity contribution is 14.1. The summed E-state index contributed by atoms with van der Waals surface area (Å²) in [5.74, 6) is 0.518. The molecule has 1 N–H and O–H groups in total. The topological polar surface area (TPSA) is 67.5 Å². The standard InChI is InChI=1S/C22H14Cl2IN3O2/c1-12-27-20-7-2-15(25)10-18(20)22(30)28(12)17-5-3-16(4-6-17)26-11-13-8-14(23)9-19(24)21(13)29/h2-11,29H,1H3. The number of nitrogens with zero attached hydrogens (tertiary/aromatic N) is 3. The maximum Gasteiger partial charge on any atom is 0.265 e. The number of hydrogen-bond acceptors (Lipinski definition) is 4. The fourth-order valence-electron chi connectivity index (χ4n) is 3.09. The van der Waals surface area contributed by atoms with Crippen LogP contribution in [0.1, 0.15) is 11.4 Å². The molecule has 0 spiro atoms. The van der Waals surface area contributed by atoms with Crippen LogP contribution in [0.25, 0.3) is 16.6 Å². The molecule has 0 amide bonds. The van der Waals surface area contributed by atoms with Gasteiger partial charge < -0.3 is 5.11 Å². The summed E-state index contributed by atoms with van der Waals surface area (Å²) in [7, 11) is 0. The number of aromatic hydroxyl groups is 1. The summed E-state index contributed by atoms with van der Waals surface area (Å²) < 4.78 is 2.55. The van der Waals surface area contributed by atoms with Crippen LogP contribution >= 0.6 is 45.8 Å². The number of halogens is 3. The van der Waals surface area contributed by atoms with E-state index in [1.165, 1.54) is 12.3 Å². The van der Waals surface area contributed by atoms with E-state index in [2.05, 4.69) is 32.6 Å². The third-order valence-electron chi connectivity index (χ3n) is 4.52. The van der Waals surface area contributed by atoms with Gasteiger partial charge in [-0.1, -0.05) is 23.2 Å². The van der Waals surface area contributed by atoms with E-state index in [1.807, 2.05) is 18.2 Å². The predicted molar refractivity (Wildman–Crippen MR) is 130 cm³/mol. The number of fused-ring (bicyclic) bond motifs is 1. The van der Waals surface area contributed by atoms with Gasteiger partial charge in [-0.25, -0.2) is 4.98 Å². The molecule has 4 aromatic rings. The monoisotopic (exact) mass is 549 g/mol. The maximum absolute atomic E-state index is 13.0. The second-order valence-corrected chi connectivity index (χ2v) is 8.65. The van der Waals surface area contributed by atoms with Crippen LogP contribution in [0.4, 0.5) is 5.69 Å². The largest absolute Gasteiger partial charge is 0.506 e. The van der Waals surface area contributed by atoms with Gasteiger partial charge in [-0.15, -0.1) is 0 Å². The van der Waals surface area contributed by atoms with Crippen molar-refractivity contribution in [2.75, 3.05) is 0 Å². The number of benzene rings is 3. The Morgan fingerprint density at radius 2 is 1.83 bits per heavy atom. The van der Waals surface area contributed by atoms with Crippen molar-refractivity contribution >= 4 is 68.6 Å². The average Bonchev–Trinajstić information content (AvgIpc) is 2.71. The lowest BCUT2D eigenvalue weighted by Gasteiger charge is -2.11. The normalized spacial score (nSPS) is 11.5. The summed E-state index contributed by atoms with van der Waals surface area (Å²) in [4.78, 5) is 21.9. The summed E-state index contributed by atoms with van der Waals surface area (Å²) in [6.45, 7) is 1.80. The summed E-state index contributed by atoms with van der Waals surface area (Å²) in [6, 6.07) is 15.8. The van der Waals surface area contributed by atoms with E-state index in [0.717, 1.165) is 3.57 Å². The van der Waals surface area contributed by atoms with Gasteiger partial charge in [0.05, 0.1) is 27.3 Å². The Morgan fingerprint density at radius 1 is 1.10 bits per heavy atom. The number of aliphatic imine (C=N–C) groups is 1. The van der Waals surface area contributed by atoms with E-state index >= 15 is 0 Å². The lowest BCUT2D eigenvalue weighted by Crippen LogP contribution is -2.22. The summed E-state index contributed by atoms with van der Waals surface area (Å²) >= 11 is 14.1. The fourth-order valence-corrected chi connectivity index (χ4v) is 4.09. The molecule has 5 nitrogen and oxygen atoms in total. The summed E-state index contributed by atoms with van der Waals surface area (Å²) in [5, 5.41) is 11.2. The van der Waals surface area contributed by atoms with Crippen molar-refractivity contribution < 1.29 is 5.11 Å². The van der Waals surface area contributed by atoms with Crippen LogP contribution in [0, 0.1) is 10.5 Å². The lowest BCUT2D eigenvalue weighted by molar-refractivity contribution is 0.475. The number of hydrogen-bond donors (Lipinski definition) is 1. The summed E-state index contributed by atoms with van der Waals surface area (Å²) in [5.41, 5.74) is 2.31. The molecule has 0 bridgehead atoms. The van der Waals surface area contributed by atoms with Crippen molar-refractivity contribution in [2.24, 2.45) is 4.99 Å². The first-order chi connectivity index (χ1) is 14.3. The molecule has 8 heteroatoms. The third kappa shape index (κ3) is 4.08. The molecular formula is C22H14Cl2IN3O2. The van der Waals surface area contributed by atoms with Crippen LogP contribution in [0.2, 0.25) is 10.0 Å². The smallest absolute Gasteiger partial charge is 0.265 e. The molecule has 3 aromatic carbocycles. The molecule has 0 aliphatic rings. The zero-order valence-corrected chi connectivity index (χ0v) is 19.3. The zero-order chi connectivity index (χ0) is 21.4. The fraction of sp³-hybridized carbons (Fsp3) is 0.0455. The van der Waals surface area contributed by atoms with E-state index in [1.54, 1.807) is 41.8 Å². The van der Waals surface area contributed by atoms with Crippen LogP contribution in [-0.4, -0.2) is 20.9 Å². The second-order valence-electron chi connectivity index (χ2n) is 6.56. The van der Waals surface area contributed by atoms with Gasteiger partial charge in [0.25, 0.3) is 5.56 Å². The molecule has 0 saturated heterocycles. The van der Waals surface area contributed by atoms with Crippen LogP contribution in [0.15, 0.2) is 64.4 Å². The molecule has 0 aliphatic carbocycles. The highest BCUT2D eigenvalue weighted by Gasteiger charge is 2.10.